The van der Waals surface area contributed by atoms with Crippen molar-refractivity contribution in [1.82, 2.24) is 9.78 Å². The highest BCUT2D eigenvalue weighted by atomic mass is 35.5. The Morgan fingerprint density at radius 2 is 1.92 bits per heavy atom. The molecule has 0 aliphatic carbocycles. The van der Waals surface area contributed by atoms with Crippen molar-refractivity contribution in [3.63, 3.8) is 0 Å². The van der Waals surface area contributed by atoms with Gasteiger partial charge in [0.25, 0.3) is 5.91 Å². The Morgan fingerprint density at radius 1 is 1.16 bits per heavy atom. The number of carbonyl (C=O) groups excluding carboxylic acids is 1. The summed E-state index contributed by atoms with van der Waals surface area (Å²) in [4.78, 5) is 12.4. The van der Waals surface area contributed by atoms with Crippen LogP contribution in [0.4, 0.5) is 5.69 Å². The van der Waals surface area contributed by atoms with Gasteiger partial charge in [-0.1, -0.05) is 47.5 Å². The number of para-hydroxylation sites is 1. The lowest BCUT2D eigenvalue weighted by Crippen LogP contribution is -2.12. The van der Waals surface area contributed by atoms with E-state index in [1.165, 1.54) is 13.3 Å². The maximum atomic E-state index is 12.4. The molecule has 0 atom stereocenters. The summed E-state index contributed by atoms with van der Waals surface area (Å²) in [6.45, 7) is 0.480. The van der Waals surface area contributed by atoms with Crippen LogP contribution in [0.15, 0.2) is 54.9 Å². The van der Waals surface area contributed by atoms with Gasteiger partial charge in [0.1, 0.15) is 0 Å². The first-order valence-electron chi connectivity index (χ1n) is 7.48. The number of ether oxygens (including phenoxy) is 1. The lowest BCUT2D eigenvalue weighted by atomic mass is 10.2. The van der Waals surface area contributed by atoms with Crippen LogP contribution in [-0.2, 0) is 6.54 Å². The SMILES string of the molecule is COc1c(Cl)cccc1NC(=O)c1cnn(Cc2ccccc2Cl)c1. The Labute approximate surface area is 155 Å². The van der Waals surface area contributed by atoms with Crippen LogP contribution < -0.4 is 10.1 Å². The lowest BCUT2D eigenvalue weighted by molar-refractivity contribution is 0.102. The summed E-state index contributed by atoms with van der Waals surface area (Å²) >= 11 is 12.2. The highest BCUT2D eigenvalue weighted by Crippen LogP contribution is 2.32. The van der Waals surface area contributed by atoms with Crippen LogP contribution in [0.25, 0.3) is 0 Å². The smallest absolute Gasteiger partial charge is 0.258 e. The second kappa shape index (κ2) is 7.59. The number of methoxy groups -OCH3 is 1. The summed E-state index contributed by atoms with van der Waals surface area (Å²) in [7, 11) is 1.50. The summed E-state index contributed by atoms with van der Waals surface area (Å²) in [5, 5.41) is 8.08. The first kappa shape index (κ1) is 17.3. The normalized spacial score (nSPS) is 10.5. The average molecular weight is 376 g/mol. The molecule has 0 radical (unpaired) electrons. The fraction of sp³-hybridized carbons (Fsp3) is 0.111. The quantitative estimate of drug-likeness (QED) is 0.714. The van der Waals surface area contributed by atoms with Gasteiger partial charge in [-0.2, -0.15) is 5.10 Å². The van der Waals surface area contributed by atoms with Crippen molar-refractivity contribution in [2.24, 2.45) is 0 Å². The summed E-state index contributed by atoms with van der Waals surface area (Å²) in [6.07, 6.45) is 3.17. The first-order chi connectivity index (χ1) is 12.1. The van der Waals surface area contributed by atoms with Crippen molar-refractivity contribution in [1.29, 1.82) is 0 Å². The molecule has 2 aromatic carbocycles. The monoisotopic (exact) mass is 375 g/mol. The molecule has 1 heterocycles. The van der Waals surface area contributed by atoms with E-state index in [2.05, 4.69) is 10.4 Å². The van der Waals surface area contributed by atoms with E-state index in [9.17, 15) is 4.79 Å². The first-order valence-corrected chi connectivity index (χ1v) is 8.24. The van der Waals surface area contributed by atoms with Crippen molar-refractivity contribution in [3.8, 4) is 5.75 Å². The van der Waals surface area contributed by atoms with E-state index < -0.39 is 0 Å². The van der Waals surface area contributed by atoms with Gasteiger partial charge >= 0.3 is 0 Å². The number of rotatable bonds is 5. The molecule has 1 amide bonds. The predicted molar refractivity (Wildman–Crippen MR) is 98.7 cm³/mol. The minimum atomic E-state index is -0.300. The van der Waals surface area contributed by atoms with Gasteiger partial charge in [0.15, 0.2) is 5.75 Å². The van der Waals surface area contributed by atoms with E-state index >= 15 is 0 Å². The predicted octanol–water partition coefficient (Wildman–Crippen LogP) is 4.50. The molecule has 0 spiro atoms. The third kappa shape index (κ3) is 3.95. The number of hydrogen-bond acceptors (Lipinski definition) is 3. The number of amides is 1. The zero-order chi connectivity index (χ0) is 17.8. The summed E-state index contributed by atoms with van der Waals surface area (Å²) in [6, 6.07) is 12.7. The minimum Gasteiger partial charge on any atom is -0.493 e. The molecule has 0 bridgehead atoms. The zero-order valence-electron chi connectivity index (χ0n) is 13.4. The van der Waals surface area contributed by atoms with E-state index in [1.807, 2.05) is 24.3 Å². The molecule has 3 rings (SSSR count). The molecule has 0 saturated carbocycles. The molecule has 1 N–H and O–H groups in total. The average Bonchev–Trinajstić information content (AvgIpc) is 3.06. The molecule has 128 valence electrons. The number of hydrogen-bond donors (Lipinski definition) is 1. The maximum Gasteiger partial charge on any atom is 0.258 e. The number of carbonyl (C=O) groups is 1. The van der Waals surface area contributed by atoms with Crippen LogP contribution in [0.3, 0.4) is 0 Å². The van der Waals surface area contributed by atoms with Crippen LogP contribution in [0.1, 0.15) is 15.9 Å². The molecule has 7 heteroatoms. The molecule has 0 unspecified atom stereocenters. The Kier molecular flexibility index (Phi) is 5.26. The molecule has 25 heavy (non-hydrogen) atoms. The van der Waals surface area contributed by atoms with Crippen molar-refractivity contribution < 1.29 is 9.53 Å². The van der Waals surface area contributed by atoms with Crippen molar-refractivity contribution in [3.05, 3.63) is 76.0 Å². The summed E-state index contributed by atoms with van der Waals surface area (Å²) < 4.78 is 6.89. The minimum absolute atomic E-state index is 0.300. The standard InChI is InChI=1S/C18H15Cl2N3O2/c1-25-17-15(20)7-4-8-16(17)22-18(24)13-9-21-23(11-13)10-12-5-2-3-6-14(12)19/h2-9,11H,10H2,1H3,(H,22,24). The number of halogens is 2. The zero-order valence-corrected chi connectivity index (χ0v) is 14.9. The molecule has 0 saturated heterocycles. The second-order valence-electron chi connectivity index (χ2n) is 5.29. The van der Waals surface area contributed by atoms with Gasteiger partial charge in [-0.05, 0) is 23.8 Å². The Morgan fingerprint density at radius 3 is 2.68 bits per heavy atom. The highest BCUT2D eigenvalue weighted by Gasteiger charge is 2.14. The molecule has 5 nitrogen and oxygen atoms in total. The Bertz CT molecular complexity index is 909. The number of benzene rings is 2. The van der Waals surface area contributed by atoms with Gasteiger partial charge in [0, 0.05) is 11.2 Å². The summed E-state index contributed by atoms with van der Waals surface area (Å²) in [5.74, 6) is 0.118. The third-order valence-electron chi connectivity index (χ3n) is 3.60. The highest BCUT2D eigenvalue weighted by molar-refractivity contribution is 6.32. The number of anilines is 1. The van der Waals surface area contributed by atoms with Gasteiger partial charge in [0.05, 0.1) is 36.1 Å². The molecule has 0 aliphatic rings. The molecule has 3 aromatic rings. The van der Waals surface area contributed by atoms with Gasteiger partial charge in [-0.15, -0.1) is 0 Å². The van der Waals surface area contributed by atoms with E-state index in [0.717, 1.165) is 5.56 Å². The molecule has 0 aliphatic heterocycles. The van der Waals surface area contributed by atoms with E-state index in [-0.39, 0.29) is 5.91 Å². The van der Waals surface area contributed by atoms with E-state index in [4.69, 9.17) is 27.9 Å². The van der Waals surface area contributed by atoms with Crippen LogP contribution in [0.2, 0.25) is 10.0 Å². The fourth-order valence-corrected chi connectivity index (χ4v) is 2.82. The third-order valence-corrected chi connectivity index (χ3v) is 4.27. The van der Waals surface area contributed by atoms with Gasteiger partial charge in [-0.25, -0.2) is 0 Å². The van der Waals surface area contributed by atoms with Gasteiger partial charge in [0.2, 0.25) is 0 Å². The number of aromatic nitrogens is 2. The number of nitrogens with zero attached hydrogens (tertiary/aromatic N) is 2. The van der Waals surface area contributed by atoms with Crippen LogP contribution >= 0.6 is 23.2 Å². The second-order valence-corrected chi connectivity index (χ2v) is 6.11. The Balaban J connectivity index is 1.75. The van der Waals surface area contributed by atoms with Gasteiger partial charge in [-0.3, -0.25) is 9.48 Å². The summed E-state index contributed by atoms with van der Waals surface area (Å²) in [5.41, 5.74) is 1.85. The van der Waals surface area contributed by atoms with Crippen molar-refractivity contribution >= 4 is 34.8 Å². The fourth-order valence-electron chi connectivity index (χ4n) is 2.38. The molecule has 1 aromatic heterocycles. The van der Waals surface area contributed by atoms with Crippen LogP contribution in [-0.4, -0.2) is 22.8 Å². The number of nitrogens with one attached hydrogen (secondary N) is 1. The van der Waals surface area contributed by atoms with Crippen LogP contribution in [0, 0.1) is 0 Å². The van der Waals surface area contributed by atoms with E-state index in [0.29, 0.717) is 33.6 Å². The lowest BCUT2D eigenvalue weighted by Gasteiger charge is -2.10. The van der Waals surface area contributed by atoms with Crippen molar-refractivity contribution in [2.45, 2.75) is 6.54 Å². The van der Waals surface area contributed by atoms with Crippen LogP contribution in [0.5, 0.6) is 5.75 Å². The largest absolute Gasteiger partial charge is 0.493 e. The molecule has 0 fully saturated rings. The topological polar surface area (TPSA) is 56.1 Å². The molecular formula is C18H15Cl2N3O2. The maximum absolute atomic E-state index is 12.4. The van der Waals surface area contributed by atoms with Crippen molar-refractivity contribution in [2.75, 3.05) is 12.4 Å². The Hall–Kier alpha value is -2.50. The molecular weight excluding hydrogens is 361 g/mol. The van der Waals surface area contributed by atoms with Gasteiger partial charge < -0.3 is 10.1 Å². The van der Waals surface area contributed by atoms with E-state index in [1.54, 1.807) is 29.1 Å².